The number of aliphatic hydroxyl groups is 1. The van der Waals surface area contributed by atoms with Gasteiger partial charge in [-0.05, 0) is 36.0 Å². The molecule has 2 N–H and O–H groups in total. The fraction of sp³-hybridized carbons (Fsp3) is 0.571. The van der Waals surface area contributed by atoms with Crippen molar-refractivity contribution in [3.05, 3.63) is 47.2 Å². The van der Waals surface area contributed by atoms with Crippen molar-refractivity contribution in [2.45, 2.75) is 71.0 Å². The lowest BCUT2D eigenvalue weighted by Crippen LogP contribution is -2.39. The second-order valence-corrected chi connectivity index (χ2v) is 7.39. The first-order valence-corrected chi connectivity index (χ1v) is 9.63. The molecule has 1 aliphatic carbocycles. The summed E-state index contributed by atoms with van der Waals surface area (Å²) in [6, 6.07) is 7.90. The highest BCUT2D eigenvalue weighted by molar-refractivity contribution is 5.91. The van der Waals surface area contributed by atoms with Gasteiger partial charge in [-0.2, -0.15) is 0 Å². The van der Waals surface area contributed by atoms with Gasteiger partial charge in [0.1, 0.15) is 0 Å². The van der Waals surface area contributed by atoms with Crippen LogP contribution in [-0.2, 0) is 27.5 Å². The lowest BCUT2D eigenvalue weighted by atomic mass is 9.95. The van der Waals surface area contributed by atoms with Crippen molar-refractivity contribution in [1.82, 2.24) is 5.32 Å². The molecule has 2 aliphatic rings. The highest BCUT2D eigenvalue weighted by atomic mass is 16.7. The van der Waals surface area contributed by atoms with Crippen LogP contribution < -0.4 is 5.32 Å². The Balaban J connectivity index is 1.51. The maximum Gasteiger partial charge on any atom is 0.286 e. The summed E-state index contributed by atoms with van der Waals surface area (Å²) in [7, 11) is 0. The molecule has 3 rings (SSSR count). The summed E-state index contributed by atoms with van der Waals surface area (Å²) in [6.45, 7) is 2.53. The Morgan fingerprint density at radius 1 is 1.19 bits per heavy atom. The summed E-state index contributed by atoms with van der Waals surface area (Å²) in [5, 5.41) is 12.2. The third-order valence-corrected chi connectivity index (χ3v) is 5.06. The standard InChI is InChI=1S/C21H29NO4/c1-15-11-19(21(24)22-18-5-3-2-4-6-18)26-20(12-15)25-14-17-9-7-16(13-23)8-10-17/h7-11,15,18,20,23H,2-6,12-14H2,1H3,(H,22,24)/t15-,20+/m1/s1. The van der Waals surface area contributed by atoms with E-state index in [1.165, 1.54) is 19.3 Å². The van der Waals surface area contributed by atoms with Crippen LogP contribution in [0.4, 0.5) is 0 Å². The van der Waals surface area contributed by atoms with Crippen molar-refractivity contribution in [3.8, 4) is 0 Å². The van der Waals surface area contributed by atoms with Gasteiger partial charge in [-0.25, -0.2) is 0 Å². The normalized spacial score (nSPS) is 23.8. The first-order valence-electron chi connectivity index (χ1n) is 9.63. The minimum absolute atomic E-state index is 0.0364. The molecule has 1 amide bonds. The van der Waals surface area contributed by atoms with Gasteiger partial charge in [0, 0.05) is 12.5 Å². The molecule has 142 valence electrons. The van der Waals surface area contributed by atoms with Crippen LogP contribution in [0.2, 0.25) is 0 Å². The van der Waals surface area contributed by atoms with Crippen LogP contribution in [0.3, 0.4) is 0 Å². The Bertz CT molecular complexity index is 619. The van der Waals surface area contributed by atoms with Crippen molar-refractivity contribution < 1.29 is 19.4 Å². The number of hydrogen-bond acceptors (Lipinski definition) is 4. The fourth-order valence-corrected chi connectivity index (χ4v) is 3.52. The monoisotopic (exact) mass is 359 g/mol. The largest absolute Gasteiger partial charge is 0.459 e. The van der Waals surface area contributed by atoms with Crippen LogP contribution in [0.25, 0.3) is 0 Å². The molecule has 1 heterocycles. The number of carbonyl (C=O) groups excluding carboxylic acids is 1. The van der Waals surface area contributed by atoms with Gasteiger partial charge >= 0.3 is 0 Å². The van der Waals surface area contributed by atoms with Gasteiger partial charge in [-0.15, -0.1) is 0 Å². The lowest BCUT2D eigenvalue weighted by Gasteiger charge is -2.29. The second-order valence-electron chi connectivity index (χ2n) is 7.39. The van der Waals surface area contributed by atoms with E-state index in [0.29, 0.717) is 12.4 Å². The summed E-state index contributed by atoms with van der Waals surface area (Å²) in [5.41, 5.74) is 1.89. The van der Waals surface area contributed by atoms with Crippen LogP contribution in [0.15, 0.2) is 36.1 Å². The smallest absolute Gasteiger partial charge is 0.286 e. The minimum Gasteiger partial charge on any atom is -0.459 e. The molecule has 5 heteroatoms. The molecule has 5 nitrogen and oxygen atoms in total. The quantitative estimate of drug-likeness (QED) is 0.817. The van der Waals surface area contributed by atoms with E-state index in [1.807, 2.05) is 30.3 Å². The van der Waals surface area contributed by atoms with E-state index in [4.69, 9.17) is 14.6 Å². The third-order valence-electron chi connectivity index (χ3n) is 5.06. The maximum atomic E-state index is 12.5. The predicted octanol–water partition coefficient (Wildman–Crippen LogP) is 3.41. The molecule has 0 radical (unpaired) electrons. The number of hydrogen-bond donors (Lipinski definition) is 2. The zero-order valence-corrected chi connectivity index (χ0v) is 15.4. The van der Waals surface area contributed by atoms with Crippen molar-refractivity contribution in [2.75, 3.05) is 0 Å². The Kier molecular flexibility index (Phi) is 6.69. The summed E-state index contributed by atoms with van der Waals surface area (Å²) in [4.78, 5) is 12.5. The van der Waals surface area contributed by atoms with E-state index < -0.39 is 6.29 Å². The first-order chi connectivity index (χ1) is 12.6. The van der Waals surface area contributed by atoms with E-state index in [0.717, 1.165) is 30.4 Å². The average molecular weight is 359 g/mol. The van der Waals surface area contributed by atoms with Gasteiger partial charge in [0.15, 0.2) is 5.76 Å². The number of ether oxygens (including phenoxy) is 2. The summed E-state index contributed by atoms with van der Waals surface area (Å²) in [5.74, 6) is 0.497. The first kappa shape index (κ1) is 18.9. The Hall–Kier alpha value is -1.85. The average Bonchev–Trinajstić information content (AvgIpc) is 2.67. The molecule has 0 unspecified atom stereocenters. The van der Waals surface area contributed by atoms with Crippen molar-refractivity contribution in [2.24, 2.45) is 5.92 Å². The van der Waals surface area contributed by atoms with E-state index >= 15 is 0 Å². The van der Waals surface area contributed by atoms with Gasteiger partial charge in [-0.1, -0.05) is 50.5 Å². The molecular weight excluding hydrogens is 330 g/mol. The number of amides is 1. The summed E-state index contributed by atoms with van der Waals surface area (Å²) < 4.78 is 11.7. The van der Waals surface area contributed by atoms with E-state index in [9.17, 15) is 4.79 Å². The molecule has 2 atom stereocenters. The topological polar surface area (TPSA) is 67.8 Å². The maximum absolute atomic E-state index is 12.5. The molecule has 0 bridgehead atoms. The molecular formula is C21H29NO4. The van der Waals surface area contributed by atoms with Gasteiger partial charge in [0.25, 0.3) is 5.91 Å². The van der Waals surface area contributed by atoms with Gasteiger partial charge in [0.05, 0.1) is 13.2 Å². The molecule has 1 saturated carbocycles. The Morgan fingerprint density at radius 3 is 2.58 bits per heavy atom. The highest BCUT2D eigenvalue weighted by Crippen LogP contribution is 2.25. The number of carbonyl (C=O) groups is 1. The zero-order chi connectivity index (χ0) is 18.4. The molecule has 1 aromatic rings. The third kappa shape index (κ3) is 5.32. The summed E-state index contributed by atoms with van der Waals surface area (Å²) in [6.07, 6.45) is 7.95. The fourth-order valence-electron chi connectivity index (χ4n) is 3.52. The molecule has 26 heavy (non-hydrogen) atoms. The second kappa shape index (κ2) is 9.19. The molecule has 1 aliphatic heterocycles. The van der Waals surface area contributed by atoms with Crippen molar-refractivity contribution in [3.63, 3.8) is 0 Å². The SMILES string of the molecule is C[C@@H]1C=C(C(=O)NC2CCCCC2)O[C@H](OCc2ccc(CO)cc2)C1. The lowest BCUT2D eigenvalue weighted by molar-refractivity contribution is -0.153. The predicted molar refractivity (Wildman–Crippen MR) is 98.9 cm³/mol. The molecule has 1 fully saturated rings. The Labute approximate surface area is 155 Å². The van der Waals surface area contributed by atoms with Crippen LogP contribution in [-0.4, -0.2) is 23.3 Å². The van der Waals surface area contributed by atoms with Crippen LogP contribution in [0.1, 0.15) is 56.6 Å². The van der Waals surface area contributed by atoms with E-state index in [-0.39, 0.29) is 24.5 Å². The zero-order valence-electron chi connectivity index (χ0n) is 15.4. The Morgan fingerprint density at radius 2 is 1.88 bits per heavy atom. The number of rotatable bonds is 6. The minimum atomic E-state index is -0.417. The number of nitrogens with one attached hydrogen (secondary N) is 1. The molecule has 0 saturated heterocycles. The van der Waals surface area contributed by atoms with Crippen LogP contribution in [0.5, 0.6) is 0 Å². The van der Waals surface area contributed by atoms with Crippen LogP contribution >= 0.6 is 0 Å². The number of allylic oxidation sites excluding steroid dienone is 1. The van der Waals surface area contributed by atoms with Gasteiger partial charge in [0.2, 0.25) is 6.29 Å². The molecule has 0 spiro atoms. The molecule has 0 aromatic heterocycles. The van der Waals surface area contributed by atoms with Crippen molar-refractivity contribution >= 4 is 5.91 Å². The summed E-state index contributed by atoms with van der Waals surface area (Å²) >= 11 is 0. The number of aliphatic hydroxyl groups excluding tert-OH is 1. The van der Waals surface area contributed by atoms with E-state index in [2.05, 4.69) is 12.2 Å². The molecule has 1 aromatic carbocycles. The van der Waals surface area contributed by atoms with E-state index in [1.54, 1.807) is 0 Å². The van der Waals surface area contributed by atoms with Crippen molar-refractivity contribution in [1.29, 1.82) is 0 Å². The van der Waals surface area contributed by atoms with Gasteiger partial charge in [-0.3, -0.25) is 4.79 Å². The van der Waals surface area contributed by atoms with Crippen LogP contribution in [0, 0.1) is 5.92 Å². The number of benzene rings is 1. The highest BCUT2D eigenvalue weighted by Gasteiger charge is 2.27. The van der Waals surface area contributed by atoms with Gasteiger partial charge < -0.3 is 19.9 Å².